The molecule has 0 saturated heterocycles. The van der Waals surface area contributed by atoms with Crippen LogP contribution in [-0.4, -0.2) is 30.4 Å². The predicted octanol–water partition coefficient (Wildman–Crippen LogP) is 3.47. The number of ether oxygens (including phenoxy) is 2. The van der Waals surface area contributed by atoms with Crippen molar-refractivity contribution in [1.82, 2.24) is 0 Å². The Balaban J connectivity index is 2.04. The molecule has 0 fully saturated rings. The van der Waals surface area contributed by atoms with Gasteiger partial charge in [-0.25, -0.2) is 4.79 Å². The summed E-state index contributed by atoms with van der Waals surface area (Å²) in [6, 6.07) is 13.2. The van der Waals surface area contributed by atoms with Gasteiger partial charge in [-0.05, 0) is 45.0 Å². The molecule has 1 amide bonds. The molecule has 6 heteroatoms. The molecule has 0 spiro atoms. The van der Waals surface area contributed by atoms with Crippen LogP contribution in [0.1, 0.15) is 41.5 Å². The van der Waals surface area contributed by atoms with Gasteiger partial charge in [-0.1, -0.05) is 24.3 Å². The van der Waals surface area contributed by atoms with E-state index in [0.717, 1.165) is 0 Å². The number of amides is 1. The van der Waals surface area contributed by atoms with Crippen molar-refractivity contribution in [3.63, 3.8) is 0 Å². The van der Waals surface area contributed by atoms with E-state index in [1.807, 2.05) is 6.92 Å². The lowest BCUT2D eigenvalue weighted by atomic mass is 10.1. The van der Waals surface area contributed by atoms with Gasteiger partial charge in [0.1, 0.15) is 11.3 Å². The Bertz CT molecular complexity index is 815. The van der Waals surface area contributed by atoms with Crippen LogP contribution in [0.5, 0.6) is 5.75 Å². The third-order valence-electron chi connectivity index (χ3n) is 3.60. The summed E-state index contributed by atoms with van der Waals surface area (Å²) in [5.41, 5.74) is 1.20. The fourth-order valence-electron chi connectivity index (χ4n) is 2.25. The second-order valence-electron chi connectivity index (χ2n) is 5.60. The molecule has 136 valence electrons. The van der Waals surface area contributed by atoms with E-state index < -0.39 is 18.0 Å². The molecule has 0 aliphatic heterocycles. The lowest BCUT2D eigenvalue weighted by molar-refractivity contribution is -0.123. The van der Waals surface area contributed by atoms with E-state index in [1.165, 1.54) is 13.8 Å². The first-order valence-corrected chi connectivity index (χ1v) is 8.27. The Kier molecular flexibility index (Phi) is 6.49. The van der Waals surface area contributed by atoms with Crippen LogP contribution in [0.25, 0.3) is 0 Å². The third kappa shape index (κ3) is 4.92. The molecule has 1 N–H and O–H groups in total. The van der Waals surface area contributed by atoms with E-state index in [2.05, 4.69) is 5.32 Å². The highest BCUT2D eigenvalue weighted by Gasteiger charge is 2.21. The minimum atomic E-state index is -1.02. The largest absolute Gasteiger partial charge is 0.493 e. The Morgan fingerprint density at radius 1 is 1.08 bits per heavy atom. The van der Waals surface area contributed by atoms with E-state index in [4.69, 9.17) is 9.47 Å². The number of carbonyl (C=O) groups excluding carboxylic acids is 3. The van der Waals surface area contributed by atoms with Crippen molar-refractivity contribution >= 4 is 23.3 Å². The highest BCUT2D eigenvalue weighted by molar-refractivity contribution is 6.00. The van der Waals surface area contributed by atoms with E-state index in [-0.39, 0.29) is 11.3 Å². The van der Waals surface area contributed by atoms with Crippen molar-refractivity contribution in [2.75, 3.05) is 11.9 Å². The Morgan fingerprint density at radius 3 is 2.50 bits per heavy atom. The van der Waals surface area contributed by atoms with Gasteiger partial charge in [0.15, 0.2) is 11.9 Å². The molecular weight excluding hydrogens is 334 g/mol. The number of rotatable bonds is 7. The number of ketones is 1. The van der Waals surface area contributed by atoms with Gasteiger partial charge in [0, 0.05) is 11.3 Å². The maximum Gasteiger partial charge on any atom is 0.342 e. The molecule has 0 aliphatic carbocycles. The number of Topliss-reactive ketones (excluding diaryl/α,β-unsaturated/α-hetero) is 1. The number of nitrogens with one attached hydrogen (secondary N) is 1. The summed E-state index contributed by atoms with van der Waals surface area (Å²) >= 11 is 0. The average molecular weight is 355 g/mol. The van der Waals surface area contributed by atoms with Crippen LogP contribution in [0.4, 0.5) is 5.69 Å². The molecule has 1 atom stereocenters. The highest BCUT2D eigenvalue weighted by atomic mass is 16.5. The molecule has 26 heavy (non-hydrogen) atoms. The van der Waals surface area contributed by atoms with Gasteiger partial charge in [-0.2, -0.15) is 0 Å². The molecular formula is C20H21NO5. The SMILES string of the molecule is CCOc1ccccc1C(=O)O[C@@H](C)C(=O)Nc1cccc(C(C)=O)c1. The van der Waals surface area contributed by atoms with E-state index in [1.54, 1.807) is 48.5 Å². The van der Waals surface area contributed by atoms with Crippen molar-refractivity contribution in [3.05, 3.63) is 59.7 Å². The normalized spacial score (nSPS) is 11.3. The molecule has 0 radical (unpaired) electrons. The first-order valence-electron chi connectivity index (χ1n) is 8.27. The zero-order valence-electron chi connectivity index (χ0n) is 14.9. The number of anilines is 1. The van der Waals surface area contributed by atoms with Gasteiger partial charge in [0.05, 0.1) is 6.61 Å². The van der Waals surface area contributed by atoms with Crippen molar-refractivity contribution in [2.24, 2.45) is 0 Å². The fourth-order valence-corrected chi connectivity index (χ4v) is 2.25. The van der Waals surface area contributed by atoms with Crippen LogP contribution >= 0.6 is 0 Å². The lowest BCUT2D eigenvalue weighted by Gasteiger charge is -2.15. The quantitative estimate of drug-likeness (QED) is 0.607. The summed E-state index contributed by atoms with van der Waals surface area (Å²) in [6.45, 7) is 5.15. The van der Waals surface area contributed by atoms with Crippen molar-refractivity contribution in [1.29, 1.82) is 0 Å². The number of carbonyl (C=O) groups is 3. The van der Waals surface area contributed by atoms with Gasteiger partial charge in [0.25, 0.3) is 5.91 Å². The fraction of sp³-hybridized carbons (Fsp3) is 0.250. The van der Waals surface area contributed by atoms with Gasteiger partial charge in [-0.15, -0.1) is 0 Å². The van der Waals surface area contributed by atoms with Gasteiger partial charge < -0.3 is 14.8 Å². The van der Waals surface area contributed by atoms with Crippen LogP contribution in [0.2, 0.25) is 0 Å². The van der Waals surface area contributed by atoms with Crippen LogP contribution in [-0.2, 0) is 9.53 Å². The van der Waals surface area contributed by atoms with Crippen molar-refractivity contribution in [3.8, 4) is 5.75 Å². The van der Waals surface area contributed by atoms with E-state index in [9.17, 15) is 14.4 Å². The molecule has 0 aliphatic rings. The lowest BCUT2D eigenvalue weighted by Crippen LogP contribution is -2.30. The number of para-hydroxylation sites is 1. The minimum absolute atomic E-state index is 0.104. The molecule has 0 heterocycles. The summed E-state index contributed by atoms with van der Waals surface area (Å²) in [6.07, 6.45) is -1.02. The van der Waals surface area contributed by atoms with Gasteiger partial charge in [-0.3, -0.25) is 9.59 Å². The summed E-state index contributed by atoms with van der Waals surface area (Å²) in [5.74, 6) is -0.836. The standard InChI is InChI=1S/C20H21NO5/c1-4-25-18-11-6-5-10-17(18)20(24)26-14(3)19(23)21-16-9-7-8-15(12-16)13(2)22/h5-12,14H,4H2,1-3H3,(H,21,23)/t14-/m0/s1. The topological polar surface area (TPSA) is 81.7 Å². The zero-order valence-corrected chi connectivity index (χ0v) is 14.9. The van der Waals surface area contributed by atoms with Crippen molar-refractivity contribution in [2.45, 2.75) is 26.9 Å². The smallest absolute Gasteiger partial charge is 0.342 e. The van der Waals surface area contributed by atoms with Crippen LogP contribution in [0, 0.1) is 0 Å². The first-order chi connectivity index (χ1) is 12.4. The highest BCUT2D eigenvalue weighted by Crippen LogP contribution is 2.20. The second-order valence-corrected chi connectivity index (χ2v) is 5.60. The maximum atomic E-state index is 12.3. The molecule has 0 unspecified atom stereocenters. The summed E-state index contributed by atoms with van der Waals surface area (Å²) in [4.78, 5) is 36.0. The Hall–Kier alpha value is -3.15. The van der Waals surface area contributed by atoms with Crippen molar-refractivity contribution < 1.29 is 23.9 Å². The number of esters is 1. The zero-order chi connectivity index (χ0) is 19.1. The molecule has 2 aromatic carbocycles. The molecule has 2 aromatic rings. The van der Waals surface area contributed by atoms with Crippen LogP contribution < -0.4 is 10.1 Å². The molecule has 2 rings (SSSR count). The van der Waals surface area contributed by atoms with Gasteiger partial charge >= 0.3 is 5.97 Å². The number of benzene rings is 2. The minimum Gasteiger partial charge on any atom is -0.493 e. The number of hydrogen-bond acceptors (Lipinski definition) is 5. The number of hydrogen-bond donors (Lipinski definition) is 1. The summed E-state index contributed by atoms with van der Waals surface area (Å²) in [5, 5.41) is 2.63. The summed E-state index contributed by atoms with van der Waals surface area (Å²) in [7, 11) is 0. The predicted molar refractivity (Wildman–Crippen MR) is 97.6 cm³/mol. The molecule has 0 bridgehead atoms. The Morgan fingerprint density at radius 2 is 1.81 bits per heavy atom. The molecule has 0 saturated carbocycles. The first kappa shape index (κ1) is 19.2. The monoisotopic (exact) mass is 355 g/mol. The van der Waals surface area contributed by atoms with Gasteiger partial charge in [0.2, 0.25) is 0 Å². The maximum absolute atomic E-state index is 12.3. The van der Waals surface area contributed by atoms with E-state index >= 15 is 0 Å². The van der Waals surface area contributed by atoms with Crippen LogP contribution in [0.3, 0.4) is 0 Å². The summed E-state index contributed by atoms with van der Waals surface area (Å²) < 4.78 is 10.6. The molecule has 0 aromatic heterocycles. The van der Waals surface area contributed by atoms with E-state index in [0.29, 0.717) is 23.6 Å². The van der Waals surface area contributed by atoms with Crippen LogP contribution in [0.15, 0.2) is 48.5 Å². The molecule has 6 nitrogen and oxygen atoms in total. The third-order valence-corrected chi connectivity index (χ3v) is 3.60. The Labute approximate surface area is 152 Å². The second kappa shape index (κ2) is 8.80. The average Bonchev–Trinajstić information content (AvgIpc) is 2.62.